The Balaban J connectivity index is 2.19. The van der Waals surface area contributed by atoms with Gasteiger partial charge in [-0.15, -0.1) is 11.3 Å². The van der Waals surface area contributed by atoms with Crippen molar-refractivity contribution in [2.75, 3.05) is 13.6 Å². The van der Waals surface area contributed by atoms with E-state index in [9.17, 15) is 18.0 Å². The second-order valence-corrected chi connectivity index (χ2v) is 8.74. The number of nitrogens with zero attached hydrogens (tertiary/aromatic N) is 1. The van der Waals surface area contributed by atoms with Crippen molar-refractivity contribution in [1.82, 2.24) is 9.62 Å². The largest absolute Gasteiger partial charge is 0.477 e. The minimum absolute atomic E-state index is 0.0182. The molecule has 0 radical (unpaired) electrons. The smallest absolute Gasteiger partial charge is 0.345 e. The van der Waals surface area contributed by atoms with Gasteiger partial charge in [-0.05, 0) is 28.4 Å². The van der Waals surface area contributed by atoms with Gasteiger partial charge in [-0.1, -0.05) is 0 Å². The Morgan fingerprint density at radius 1 is 1.57 bits per heavy atom. The molecule has 2 N–H and O–H groups in total. The summed E-state index contributed by atoms with van der Waals surface area (Å²) in [6, 6.07) is 0.745. The van der Waals surface area contributed by atoms with Gasteiger partial charge in [0.25, 0.3) is 0 Å². The SMILES string of the molecule is CN1CC(NS(=O)(=O)c2cc(C(=O)O)sc2Br)CCC1=O. The molecule has 1 amide bonds. The van der Waals surface area contributed by atoms with Crippen LogP contribution in [-0.2, 0) is 14.8 Å². The lowest BCUT2D eigenvalue weighted by Gasteiger charge is -2.29. The Morgan fingerprint density at radius 2 is 2.24 bits per heavy atom. The standard InChI is InChI=1S/C11H13BrN2O5S2/c1-14-5-6(2-3-9(14)15)13-21(18,19)8-4-7(11(16)17)20-10(8)12/h4,6,13H,2-3,5H2,1H3,(H,16,17). The molecular weight excluding hydrogens is 384 g/mol. The number of halogens is 1. The van der Waals surface area contributed by atoms with Gasteiger partial charge in [-0.3, -0.25) is 4.79 Å². The Kier molecular flexibility index (Phi) is 4.71. The van der Waals surface area contributed by atoms with Gasteiger partial charge in [0.1, 0.15) is 9.77 Å². The topological polar surface area (TPSA) is 104 Å². The van der Waals surface area contributed by atoms with Crippen molar-refractivity contribution in [3.05, 3.63) is 14.7 Å². The van der Waals surface area contributed by atoms with E-state index in [1.807, 2.05) is 0 Å². The maximum absolute atomic E-state index is 12.3. The van der Waals surface area contributed by atoms with Gasteiger partial charge >= 0.3 is 5.97 Å². The van der Waals surface area contributed by atoms with Crippen molar-refractivity contribution in [3.8, 4) is 0 Å². The maximum Gasteiger partial charge on any atom is 0.345 e. The van der Waals surface area contributed by atoms with E-state index in [-0.39, 0.29) is 31.9 Å². The predicted molar refractivity (Wildman–Crippen MR) is 80.0 cm³/mol. The van der Waals surface area contributed by atoms with Crippen molar-refractivity contribution in [2.24, 2.45) is 0 Å². The summed E-state index contributed by atoms with van der Waals surface area (Å²) in [7, 11) is -2.22. The number of sulfonamides is 1. The van der Waals surface area contributed by atoms with Gasteiger partial charge in [0, 0.05) is 26.1 Å². The number of thiophene rings is 1. The van der Waals surface area contributed by atoms with Gasteiger partial charge < -0.3 is 10.0 Å². The molecule has 0 bridgehead atoms. The average molecular weight is 397 g/mol. The highest BCUT2D eigenvalue weighted by atomic mass is 79.9. The second-order valence-electron chi connectivity index (χ2n) is 4.68. The predicted octanol–water partition coefficient (Wildman–Crippen LogP) is 1.11. The molecule has 2 rings (SSSR count). The van der Waals surface area contributed by atoms with E-state index >= 15 is 0 Å². The molecule has 0 aromatic carbocycles. The first kappa shape index (κ1) is 16.4. The first-order chi connectivity index (χ1) is 9.70. The third-order valence-electron chi connectivity index (χ3n) is 3.10. The molecule has 1 atom stereocenters. The fourth-order valence-electron chi connectivity index (χ4n) is 2.03. The van der Waals surface area contributed by atoms with Crippen LogP contribution in [0.1, 0.15) is 22.5 Å². The van der Waals surface area contributed by atoms with E-state index in [1.165, 1.54) is 4.90 Å². The molecule has 1 aliphatic rings. The van der Waals surface area contributed by atoms with Crippen molar-refractivity contribution in [3.63, 3.8) is 0 Å². The number of hydrogen-bond donors (Lipinski definition) is 2. The highest BCUT2D eigenvalue weighted by molar-refractivity contribution is 9.11. The molecule has 7 nitrogen and oxygen atoms in total. The normalized spacial score (nSPS) is 19.8. The minimum Gasteiger partial charge on any atom is -0.477 e. The van der Waals surface area contributed by atoms with Crippen LogP contribution in [0.15, 0.2) is 14.7 Å². The summed E-state index contributed by atoms with van der Waals surface area (Å²) in [6.45, 7) is 0.297. The van der Waals surface area contributed by atoms with E-state index in [0.717, 1.165) is 17.4 Å². The number of likely N-dealkylation sites (tertiary alicyclic amines) is 1. The van der Waals surface area contributed by atoms with Crippen molar-refractivity contribution in [2.45, 2.75) is 23.8 Å². The number of rotatable bonds is 4. The monoisotopic (exact) mass is 396 g/mol. The van der Waals surface area contributed by atoms with Gasteiger partial charge in [0.2, 0.25) is 15.9 Å². The number of nitrogens with one attached hydrogen (secondary N) is 1. The lowest BCUT2D eigenvalue weighted by molar-refractivity contribution is -0.132. The summed E-state index contributed by atoms with van der Waals surface area (Å²) in [5.41, 5.74) is 0. The number of carboxylic acids is 1. The fraction of sp³-hybridized carbons (Fsp3) is 0.455. The first-order valence-corrected chi connectivity index (χ1v) is 9.09. The number of hydrogen-bond acceptors (Lipinski definition) is 5. The fourth-order valence-corrected chi connectivity index (χ4v) is 5.70. The van der Waals surface area contributed by atoms with Crippen LogP contribution in [0.5, 0.6) is 0 Å². The molecule has 21 heavy (non-hydrogen) atoms. The van der Waals surface area contributed by atoms with Gasteiger partial charge in [0.05, 0.1) is 3.79 Å². The molecule has 1 aromatic rings. The Labute approximate surface area is 134 Å². The molecule has 116 valence electrons. The number of carboxylic acid groups (broad SMARTS) is 1. The summed E-state index contributed by atoms with van der Waals surface area (Å²) in [6.07, 6.45) is 0.713. The van der Waals surface area contributed by atoms with E-state index in [0.29, 0.717) is 13.0 Å². The average Bonchev–Trinajstić information content (AvgIpc) is 2.77. The molecule has 0 aliphatic carbocycles. The van der Waals surface area contributed by atoms with Crippen molar-refractivity contribution in [1.29, 1.82) is 0 Å². The molecule has 1 aromatic heterocycles. The lowest BCUT2D eigenvalue weighted by Crippen LogP contribution is -2.48. The van der Waals surface area contributed by atoms with Crippen molar-refractivity contribution >= 4 is 49.2 Å². The summed E-state index contributed by atoms with van der Waals surface area (Å²) >= 11 is 3.92. The molecule has 2 heterocycles. The maximum atomic E-state index is 12.3. The third-order valence-corrected chi connectivity index (χ3v) is 6.86. The van der Waals surface area contributed by atoms with Crippen LogP contribution in [0.3, 0.4) is 0 Å². The van der Waals surface area contributed by atoms with Crippen LogP contribution in [0.25, 0.3) is 0 Å². The van der Waals surface area contributed by atoms with Gasteiger partial charge in [-0.2, -0.15) is 0 Å². The third kappa shape index (κ3) is 3.62. The Bertz CT molecular complexity index is 685. The number of carbonyl (C=O) groups is 2. The molecule has 10 heteroatoms. The van der Waals surface area contributed by atoms with Gasteiger partial charge in [-0.25, -0.2) is 17.9 Å². The van der Waals surface area contributed by atoms with Crippen molar-refractivity contribution < 1.29 is 23.1 Å². The van der Waals surface area contributed by atoms with E-state index in [2.05, 4.69) is 20.7 Å². The van der Waals surface area contributed by atoms with Crippen LogP contribution >= 0.6 is 27.3 Å². The van der Waals surface area contributed by atoms with Crippen LogP contribution in [0, 0.1) is 0 Å². The molecule has 1 saturated heterocycles. The van der Waals surface area contributed by atoms with E-state index in [1.54, 1.807) is 7.05 Å². The van der Waals surface area contributed by atoms with Crippen LogP contribution in [0.2, 0.25) is 0 Å². The second kappa shape index (κ2) is 6.03. The minimum atomic E-state index is -3.83. The number of carbonyl (C=O) groups excluding carboxylic acids is 1. The number of amides is 1. The zero-order chi connectivity index (χ0) is 15.8. The molecule has 0 spiro atoms. The van der Waals surface area contributed by atoms with E-state index < -0.39 is 16.0 Å². The zero-order valence-electron chi connectivity index (χ0n) is 11.0. The molecule has 1 aliphatic heterocycles. The molecular formula is C11H13BrN2O5S2. The Morgan fingerprint density at radius 3 is 2.76 bits per heavy atom. The van der Waals surface area contributed by atoms with Crippen LogP contribution in [-0.4, -0.2) is 49.9 Å². The number of aromatic carboxylic acids is 1. The number of piperidine rings is 1. The Hall–Kier alpha value is -0.970. The quantitative estimate of drug-likeness (QED) is 0.792. The molecule has 1 unspecified atom stereocenters. The summed E-state index contributed by atoms with van der Waals surface area (Å²) in [4.78, 5) is 23.6. The first-order valence-electron chi connectivity index (χ1n) is 5.99. The summed E-state index contributed by atoms with van der Waals surface area (Å²) in [5, 5.41) is 8.90. The van der Waals surface area contributed by atoms with Crippen LogP contribution in [0.4, 0.5) is 0 Å². The zero-order valence-corrected chi connectivity index (χ0v) is 14.2. The van der Waals surface area contributed by atoms with E-state index in [4.69, 9.17) is 5.11 Å². The lowest BCUT2D eigenvalue weighted by atomic mass is 10.1. The highest BCUT2D eigenvalue weighted by Crippen LogP contribution is 2.32. The molecule has 0 saturated carbocycles. The number of likely N-dealkylation sites (N-methyl/N-ethyl adjacent to an activating group) is 1. The molecule has 1 fully saturated rings. The summed E-state index contributed by atoms with van der Waals surface area (Å²) < 4.78 is 27.4. The summed E-state index contributed by atoms with van der Waals surface area (Å²) in [5.74, 6) is -1.19. The van der Waals surface area contributed by atoms with Crippen LogP contribution < -0.4 is 4.72 Å². The highest BCUT2D eigenvalue weighted by Gasteiger charge is 2.29. The van der Waals surface area contributed by atoms with Gasteiger partial charge in [0.15, 0.2) is 0 Å².